The number of amides is 1. The topological polar surface area (TPSA) is 130 Å². The minimum absolute atomic E-state index is 0.0709. The van der Waals surface area contributed by atoms with E-state index in [-0.39, 0.29) is 54.0 Å². The third kappa shape index (κ3) is 3.61. The van der Waals surface area contributed by atoms with Gasteiger partial charge >= 0.3 is 0 Å². The van der Waals surface area contributed by atoms with Gasteiger partial charge in [-0.2, -0.15) is 0 Å². The predicted octanol–water partition coefficient (Wildman–Crippen LogP) is 0.851. The summed E-state index contributed by atoms with van der Waals surface area (Å²) < 4.78 is 21.6. The van der Waals surface area contributed by atoms with Crippen molar-refractivity contribution in [1.29, 1.82) is 0 Å². The molecule has 4 rings (SSSR count). The second kappa shape index (κ2) is 9.00. The number of Topliss-reactive ketones (excluding diaryl/α,β-unsaturated/α-hetero) is 3. The molecule has 2 saturated carbocycles. The Morgan fingerprint density at radius 2 is 1.86 bits per heavy atom. The molecule has 9 nitrogen and oxygen atoms in total. The van der Waals surface area contributed by atoms with Gasteiger partial charge in [0.1, 0.15) is 23.1 Å². The number of methoxy groups -OCH3 is 1. The van der Waals surface area contributed by atoms with E-state index in [0.29, 0.717) is 5.56 Å². The van der Waals surface area contributed by atoms with Gasteiger partial charge in [0, 0.05) is 37.1 Å². The van der Waals surface area contributed by atoms with E-state index in [2.05, 4.69) is 0 Å². The van der Waals surface area contributed by atoms with Crippen molar-refractivity contribution < 1.29 is 33.4 Å². The molecule has 0 aromatic heterocycles. The average molecular weight is 504 g/mol. The van der Waals surface area contributed by atoms with Crippen molar-refractivity contribution in [3.8, 4) is 5.75 Å². The monoisotopic (exact) mass is 503 g/mol. The molecule has 1 amide bonds. The number of likely N-dealkylation sites (N-methyl/N-ethyl adjacent to an activating group) is 1. The molecular weight excluding hydrogens is 469 g/mol. The Hall–Kier alpha value is -2.69. The molecule has 0 heterocycles. The highest BCUT2D eigenvalue weighted by molar-refractivity contribution is 6.17. The molecule has 196 valence electrons. The summed E-state index contributed by atoms with van der Waals surface area (Å²) in [5, 5.41) is 11.0. The second-order valence-corrected chi connectivity index (χ2v) is 10.9. The number of carbonyl (C=O) groups excluding carboxylic acids is 4. The van der Waals surface area contributed by atoms with E-state index >= 15 is 4.39 Å². The highest BCUT2D eigenvalue weighted by atomic mass is 19.1. The van der Waals surface area contributed by atoms with E-state index in [0.717, 1.165) is 0 Å². The van der Waals surface area contributed by atoms with Crippen molar-refractivity contribution >= 4 is 23.3 Å². The van der Waals surface area contributed by atoms with Crippen LogP contribution in [0.2, 0.25) is 0 Å². The van der Waals surface area contributed by atoms with Crippen LogP contribution in [0.25, 0.3) is 0 Å². The summed E-state index contributed by atoms with van der Waals surface area (Å²) in [6, 6.07) is -0.835. The zero-order valence-electron chi connectivity index (χ0n) is 21.6. The molecule has 0 bridgehead atoms. The minimum atomic E-state index is -1.58. The molecule has 1 aromatic carbocycles. The summed E-state index contributed by atoms with van der Waals surface area (Å²) >= 11 is 0. The number of primary amides is 1. The van der Waals surface area contributed by atoms with Crippen molar-refractivity contribution in [1.82, 2.24) is 9.80 Å². The number of hydrogen-bond acceptors (Lipinski definition) is 8. The number of nitrogens with two attached hydrogens (primary N) is 1. The van der Waals surface area contributed by atoms with Crippen LogP contribution < -0.4 is 5.73 Å². The van der Waals surface area contributed by atoms with Crippen molar-refractivity contribution in [2.45, 2.75) is 44.4 Å². The molecule has 10 heteroatoms. The van der Waals surface area contributed by atoms with Crippen LogP contribution in [-0.2, 0) is 32.1 Å². The molecule has 3 aliphatic rings. The van der Waals surface area contributed by atoms with Gasteiger partial charge in [-0.1, -0.05) is 0 Å². The first-order valence-electron chi connectivity index (χ1n) is 12.1. The summed E-state index contributed by atoms with van der Waals surface area (Å²) in [7, 11) is 8.25. The standard InChI is InChI=1S/C26H34FN3O6/c1-11-15(10-29(2)3)19(27)13-7-12-8-16-20(30(4)5)22(32)14(25(28)35)9-26(16,36-6)24(34)17(12)23(33)18(13)21(11)31/h12,14,16-17,20,31H,7-10H2,1-6H3,(H2,28,35). The maximum absolute atomic E-state index is 15.8. The van der Waals surface area contributed by atoms with Crippen LogP contribution >= 0.6 is 0 Å². The molecule has 36 heavy (non-hydrogen) atoms. The van der Waals surface area contributed by atoms with E-state index in [1.54, 1.807) is 44.9 Å². The number of phenols is 1. The molecule has 6 atom stereocenters. The number of phenolic OH excluding ortho intramolecular Hbond substituents is 1. The number of hydrogen-bond donors (Lipinski definition) is 2. The van der Waals surface area contributed by atoms with Gasteiger partial charge in [-0.15, -0.1) is 0 Å². The first kappa shape index (κ1) is 26.4. The molecule has 6 unspecified atom stereocenters. The Balaban J connectivity index is 1.87. The Morgan fingerprint density at radius 1 is 1.22 bits per heavy atom. The lowest BCUT2D eigenvalue weighted by atomic mass is 9.52. The van der Waals surface area contributed by atoms with E-state index < -0.39 is 58.6 Å². The molecule has 0 aliphatic heterocycles. The van der Waals surface area contributed by atoms with Crippen molar-refractivity contribution in [2.24, 2.45) is 29.4 Å². The summed E-state index contributed by atoms with van der Waals surface area (Å²) in [4.78, 5) is 56.7. The van der Waals surface area contributed by atoms with Crippen LogP contribution in [0.3, 0.4) is 0 Å². The molecular formula is C26H34FN3O6. The zero-order valence-corrected chi connectivity index (χ0v) is 21.6. The Kier molecular flexibility index (Phi) is 6.60. The van der Waals surface area contributed by atoms with Gasteiger partial charge in [0.25, 0.3) is 0 Å². The van der Waals surface area contributed by atoms with Gasteiger partial charge in [-0.05, 0) is 59.4 Å². The largest absolute Gasteiger partial charge is 0.507 e. The smallest absolute Gasteiger partial charge is 0.228 e. The van der Waals surface area contributed by atoms with Crippen LogP contribution in [0.1, 0.15) is 39.9 Å². The van der Waals surface area contributed by atoms with Crippen molar-refractivity contribution in [3.63, 3.8) is 0 Å². The molecule has 1 aromatic rings. The fourth-order valence-electron chi connectivity index (χ4n) is 6.79. The maximum Gasteiger partial charge on any atom is 0.228 e. The summed E-state index contributed by atoms with van der Waals surface area (Å²) in [6.45, 7) is 1.79. The number of nitrogens with zero attached hydrogens (tertiary/aromatic N) is 2. The normalized spacial score (nSPS) is 31.9. The van der Waals surface area contributed by atoms with Crippen molar-refractivity contribution in [2.75, 3.05) is 35.3 Å². The highest BCUT2D eigenvalue weighted by Gasteiger charge is 2.65. The number of benzene rings is 1. The lowest BCUT2D eigenvalue weighted by Gasteiger charge is -2.55. The lowest BCUT2D eigenvalue weighted by molar-refractivity contribution is -0.182. The molecule has 3 N–H and O–H groups in total. The van der Waals surface area contributed by atoms with Crippen LogP contribution in [-0.4, -0.2) is 85.1 Å². The summed E-state index contributed by atoms with van der Waals surface area (Å²) in [5.74, 6) is -6.91. The van der Waals surface area contributed by atoms with Crippen LogP contribution in [0.4, 0.5) is 4.39 Å². The van der Waals surface area contributed by atoms with Crippen LogP contribution in [0, 0.1) is 36.4 Å². The average Bonchev–Trinajstić information content (AvgIpc) is 2.79. The fourth-order valence-corrected chi connectivity index (χ4v) is 6.79. The quantitative estimate of drug-likeness (QED) is 0.566. The number of ketones is 3. The van der Waals surface area contributed by atoms with Crippen molar-refractivity contribution in [3.05, 3.63) is 28.1 Å². The number of rotatable bonds is 5. The third-order valence-electron chi connectivity index (χ3n) is 8.46. The van der Waals surface area contributed by atoms with Crippen LogP contribution in [0.5, 0.6) is 5.75 Å². The zero-order chi connectivity index (χ0) is 26.9. The summed E-state index contributed by atoms with van der Waals surface area (Å²) in [5.41, 5.74) is 4.47. The Labute approximate surface area is 209 Å². The molecule has 0 saturated heterocycles. The van der Waals surface area contributed by atoms with E-state index in [4.69, 9.17) is 10.5 Å². The van der Waals surface area contributed by atoms with E-state index in [9.17, 15) is 24.3 Å². The molecule has 0 spiro atoms. The lowest BCUT2D eigenvalue weighted by Crippen LogP contribution is -2.70. The maximum atomic E-state index is 15.8. The highest BCUT2D eigenvalue weighted by Crippen LogP contribution is 2.53. The number of aromatic hydroxyl groups is 1. The number of halogens is 1. The minimum Gasteiger partial charge on any atom is -0.507 e. The van der Waals surface area contributed by atoms with Gasteiger partial charge in [0.2, 0.25) is 5.91 Å². The van der Waals surface area contributed by atoms with Gasteiger partial charge in [-0.25, -0.2) is 4.39 Å². The Morgan fingerprint density at radius 3 is 2.39 bits per heavy atom. The third-order valence-corrected chi connectivity index (χ3v) is 8.46. The SMILES string of the molecule is COC12CC(C(N)=O)C(=O)C(N(C)C)C1CC1Cc3c(F)c(CN(C)C)c(C)c(O)c3C(=O)C1C2=O. The first-order valence-corrected chi connectivity index (χ1v) is 12.1. The molecule has 0 radical (unpaired) electrons. The van der Waals surface area contributed by atoms with Gasteiger partial charge in [0.05, 0.1) is 17.5 Å². The van der Waals surface area contributed by atoms with Gasteiger partial charge < -0.3 is 20.5 Å². The predicted molar refractivity (Wildman–Crippen MR) is 128 cm³/mol. The number of carbonyl (C=O) groups is 4. The number of ether oxygens (including phenoxy) is 1. The van der Waals surface area contributed by atoms with E-state index in [1.807, 2.05) is 0 Å². The van der Waals surface area contributed by atoms with Gasteiger partial charge in [0.15, 0.2) is 17.3 Å². The second-order valence-electron chi connectivity index (χ2n) is 10.9. The van der Waals surface area contributed by atoms with Crippen LogP contribution in [0.15, 0.2) is 0 Å². The molecule has 3 aliphatic carbocycles. The fraction of sp³-hybridized carbons (Fsp3) is 0.615. The first-order chi connectivity index (χ1) is 16.8. The molecule has 2 fully saturated rings. The van der Waals surface area contributed by atoms with Gasteiger partial charge in [-0.3, -0.25) is 24.1 Å². The Bertz CT molecular complexity index is 1170. The van der Waals surface area contributed by atoms with E-state index in [1.165, 1.54) is 7.11 Å². The number of fused-ring (bicyclic) bond motifs is 3. The summed E-state index contributed by atoms with van der Waals surface area (Å²) in [6.07, 6.45) is 0.0735.